The lowest BCUT2D eigenvalue weighted by atomic mass is 10.1. The van der Waals surface area contributed by atoms with Gasteiger partial charge in [-0.2, -0.15) is 0 Å². The van der Waals surface area contributed by atoms with Gasteiger partial charge < -0.3 is 15.0 Å². The molecule has 2 rings (SSSR count). The van der Waals surface area contributed by atoms with Crippen molar-refractivity contribution in [3.8, 4) is 5.75 Å². The lowest BCUT2D eigenvalue weighted by Crippen LogP contribution is -2.53. The van der Waals surface area contributed by atoms with Crippen LogP contribution in [0.25, 0.3) is 0 Å². The van der Waals surface area contributed by atoms with Gasteiger partial charge in [0.2, 0.25) is 5.91 Å². The number of carbonyl (C=O) groups excluding carboxylic acids is 2. The fraction of sp³-hybridized carbons (Fsp3) is 0.440. The Hall–Kier alpha value is -2.34. The molecule has 0 aliphatic rings. The minimum Gasteiger partial charge on any atom is -0.483 e. The van der Waals surface area contributed by atoms with Gasteiger partial charge in [0, 0.05) is 16.6 Å². The Labute approximate surface area is 194 Å². The van der Waals surface area contributed by atoms with E-state index in [2.05, 4.69) is 27.3 Å². The van der Waals surface area contributed by atoms with E-state index in [0.29, 0.717) is 12.3 Å². The highest BCUT2D eigenvalue weighted by Crippen LogP contribution is 2.23. The smallest absolute Gasteiger partial charge is 0.261 e. The number of benzene rings is 2. The van der Waals surface area contributed by atoms with E-state index in [1.165, 1.54) is 0 Å². The highest BCUT2D eigenvalue weighted by molar-refractivity contribution is 9.10. The Balaban J connectivity index is 2.24. The number of ether oxygens (including phenoxy) is 1. The lowest BCUT2D eigenvalue weighted by Gasteiger charge is -2.31. The van der Waals surface area contributed by atoms with Crippen LogP contribution in [0.1, 0.15) is 49.9 Å². The second kappa shape index (κ2) is 10.3. The zero-order valence-electron chi connectivity index (χ0n) is 19.5. The van der Waals surface area contributed by atoms with Crippen LogP contribution in [0.5, 0.6) is 5.75 Å². The number of nitrogens with zero attached hydrogens (tertiary/aromatic N) is 1. The van der Waals surface area contributed by atoms with Crippen molar-refractivity contribution in [2.24, 2.45) is 0 Å². The molecule has 168 valence electrons. The van der Waals surface area contributed by atoms with Crippen molar-refractivity contribution in [2.45, 2.75) is 66.6 Å². The van der Waals surface area contributed by atoms with E-state index in [9.17, 15) is 9.59 Å². The fourth-order valence-corrected chi connectivity index (χ4v) is 3.71. The predicted octanol–water partition coefficient (Wildman–Crippen LogP) is 5.09. The average molecular weight is 489 g/mol. The maximum atomic E-state index is 13.2. The summed E-state index contributed by atoms with van der Waals surface area (Å²) in [5, 5.41) is 2.97. The van der Waals surface area contributed by atoms with Crippen molar-refractivity contribution in [3.05, 3.63) is 63.1 Å². The number of hydrogen-bond donors (Lipinski definition) is 1. The van der Waals surface area contributed by atoms with E-state index in [1.54, 1.807) is 11.8 Å². The average Bonchev–Trinajstić information content (AvgIpc) is 2.65. The molecule has 5 nitrogen and oxygen atoms in total. The minimum absolute atomic E-state index is 0.134. The molecule has 1 N–H and O–H groups in total. The van der Waals surface area contributed by atoms with Gasteiger partial charge in [-0.1, -0.05) is 34.1 Å². The van der Waals surface area contributed by atoms with Gasteiger partial charge in [0.1, 0.15) is 11.8 Å². The molecule has 0 spiro atoms. The fourth-order valence-electron chi connectivity index (χ4n) is 3.26. The molecule has 2 aromatic rings. The van der Waals surface area contributed by atoms with Crippen molar-refractivity contribution >= 4 is 27.7 Å². The third-order valence-electron chi connectivity index (χ3n) is 5.02. The number of halogens is 1. The van der Waals surface area contributed by atoms with Crippen LogP contribution in [0.4, 0.5) is 0 Å². The Bertz CT molecular complexity index is 950. The van der Waals surface area contributed by atoms with Crippen LogP contribution in [-0.2, 0) is 16.1 Å². The maximum absolute atomic E-state index is 13.2. The molecule has 0 heterocycles. The lowest BCUT2D eigenvalue weighted by molar-refractivity contribution is -0.142. The van der Waals surface area contributed by atoms with Gasteiger partial charge in [-0.3, -0.25) is 9.59 Å². The molecule has 2 amide bonds. The first-order valence-electron chi connectivity index (χ1n) is 10.4. The first-order chi connectivity index (χ1) is 14.4. The van der Waals surface area contributed by atoms with Crippen LogP contribution in [0.2, 0.25) is 0 Å². The number of nitrogens with one attached hydrogen (secondary N) is 1. The molecule has 0 aliphatic carbocycles. The number of amides is 2. The molecule has 0 bridgehead atoms. The van der Waals surface area contributed by atoms with E-state index in [4.69, 9.17) is 4.74 Å². The number of hydrogen-bond acceptors (Lipinski definition) is 3. The van der Waals surface area contributed by atoms with Crippen molar-refractivity contribution in [2.75, 3.05) is 6.61 Å². The van der Waals surface area contributed by atoms with Gasteiger partial charge in [-0.25, -0.2) is 0 Å². The summed E-state index contributed by atoms with van der Waals surface area (Å²) >= 11 is 3.47. The molecule has 1 atom stereocenters. The van der Waals surface area contributed by atoms with Crippen LogP contribution in [0, 0.1) is 20.8 Å². The number of rotatable bonds is 7. The standard InChI is InChI=1S/C25H33BrN2O3/c1-16-11-17(2)18(3)22(12-16)31-15-23(29)28(14-20-9-8-10-21(26)13-20)19(4)24(30)27-25(5,6)7/h8-13,19H,14-15H2,1-7H3,(H,27,30)/t19-/m0/s1. The highest BCUT2D eigenvalue weighted by atomic mass is 79.9. The second-order valence-electron chi connectivity index (χ2n) is 9.06. The van der Waals surface area contributed by atoms with Crippen LogP contribution in [0.3, 0.4) is 0 Å². The van der Waals surface area contributed by atoms with Crippen molar-refractivity contribution in [1.29, 1.82) is 0 Å². The summed E-state index contributed by atoms with van der Waals surface area (Å²) in [5.74, 6) is 0.258. The normalized spacial score (nSPS) is 12.3. The highest BCUT2D eigenvalue weighted by Gasteiger charge is 2.28. The van der Waals surface area contributed by atoms with Gasteiger partial charge >= 0.3 is 0 Å². The molecule has 0 saturated heterocycles. The van der Waals surface area contributed by atoms with Gasteiger partial charge in [0.25, 0.3) is 5.91 Å². The largest absolute Gasteiger partial charge is 0.483 e. The summed E-state index contributed by atoms with van der Waals surface area (Å²) in [6, 6.07) is 11.1. The number of aryl methyl sites for hydroxylation is 2. The predicted molar refractivity (Wildman–Crippen MR) is 128 cm³/mol. The van der Waals surface area contributed by atoms with Crippen LogP contribution < -0.4 is 10.1 Å². The summed E-state index contributed by atoms with van der Waals surface area (Å²) < 4.78 is 6.82. The third-order valence-corrected chi connectivity index (χ3v) is 5.52. The molecule has 0 saturated carbocycles. The summed E-state index contributed by atoms with van der Waals surface area (Å²) in [6.07, 6.45) is 0. The summed E-state index contributed by atoms with van der Waals surface area (Å²) in [4.78, 5) is 27.6. The zero-order valence-corrected chi connectivity index (χ0v) is 21.1. The Morgan fingerprint density at radius 3 is 2.42 bits per heavy atom. The van der Waals surface area contributed by atoms with Gasteiger partial charge in [0.05, 0.1) is 0 Å². The van der Waals surface area contributed by atoms with Crippen LogP contribution in [-0.4, -0.2) is 34.9 Å². The summed E-state index contributed by atoms with van der Waals surface area (Å²) in [7, 11) is 0. The molecule has 6 heteroatoms. The Morgan fingerprint density at radius 1 is 1.13 bits per heavy atom. The van der Waals surface area contributed by atoms with Crippen LogP contribution in [0.15, 0.2) is 40.9 Å². The monoisotopic (exact) mass is 488 g/mol. The molecule has 0 fully saturated rings. The zero-order chi connectivity index (χ0) is 23.3. The molecule has 2 aromatic carbocycles. The topological polar surface area (TPSA) is 58.6 Å². The SMILES string of the molecule is Cc1cc(C)c(C)c(OCC(=O)N(Cc2cccc(Br)c2)[C@@H](C)C(=O)NC(C)(C)C)c1. The van der Waals surface area contributed by atoms with Crippen molar-refractivity contribution in [3.63, 3.8) is 0 Å². The second-order valence-corrected chi connectivity index (χ2v) is 9.98. The first kappa shape index (κ1) is 24.9. The first-order valence-corrected chi connectivity index (χ1v) is 11.2. The summed E-state index contributed by atoms with van der Waals surface area (Å²) in [6.45, 7) is 13.7. The van der Waals surface area contributed by atoms with E-state index in [-0.39, 0.29) is 24.0 Å². The molecule has 31 heavy (non-hydrogen) atoms. The molecule has 0 radical (unpaired) electrons. The maximum Gasteiger partial charge on any atom is 0.261 e. The Morgan fingerprint density at radius 2 is 1.81 bits per heavy atom. The van der Waals surface area contributed by atoms with E-state index < -0.39 is 6.04 Å². The molecule has 0 aromatic heterocycles. The van der Waals surface area contributed by atoms with Crippen molar-refractivity contribution in [1.82, 2.24) is 10.2 Å². The van der Waals surface area contributed by atoms with Gasteiger partial charge in [-0.05, 0) is 88.9 Å². The molecular weight excluding hydrogens is 456 g/mol. The van der Waals surface area contributed by atoms with E-state index in [0.717, 1.165) is 26.7 Å². The van der Waals surface area contributed by atoms with Gasteiger partial charge in [0.15, 0.2) is 6.61 Å². The quantitative estimate of drug-likeness (QED) is 0.590. The molecule has 0 unspecified atom stereocenters. The van der Waals surface area contributed by atoms with Crippen LogP contribution >= 0.6 is 15.9 Å². The summed E-state index contributed by atoms with van der Waals surface area (Å²) in [5.41, 5.74) is 3.75. The number of carbonyl (C=O) groups is 2. The van der Waals surface area contributed by atoms with Crippen molar-refractivity contribution < 1.29 is 14.3 Å². The van der Waals surface area contributed by atoms with E-state index >= 15 is 0 Å². The van der Waals surface area contributed by atoms with E-state index in [1.807, 2.05) is 71.9 Å². The molecule has 0 aliphatic heterocycles. The minimum atomic E-state index is -0.644. The third kappa shape index (κ3) is 7.39. The Kier molecular flexibility index (Phi) is 8.29. The van der Waals surface area contributed by atoms with Gasteiger partial charge in [-0.15, -0.1) is 0 Å². The molecular formula is C25H33BrN2O3.